The number of nitrogens with zero attached hydrogens (tertiary/aromatic N) is 2. The maximum atomic E-state index is 13.3. The van der Waals surface area contributed by atoms with E-state index in [1.54, 1.807) is 24.3 Å². The standard InChI is InChI=1S/C28H23N3O3/c1-18-10-12-20(13-11-18)16-30-17-21(23-8-3-4-9-25(23)30)15-24-26(32)29-28(34)31(27(24)33)22-7-5-6-19(2)14-22/h3-15,17H,16H2,1-2H3,(H,29,32,34)/b24-15-. The SMILES string of the molecule is Cc1ccc(Cn2cc(/C=C3/C(=O)NC(=O)N(c4cccc(C)c4)C3=O)c3ccccc32)cc1. The molecule has 0 radical (unpaired) electrons. The summed E-state index contributed by atoms with van der Waals surface area (Å²) in [5, 5.41) is 3.22. The summed E-state index contributed by atoms with van der Waals surface area (Å²) >= 11 is 0. The maximum absolute atomic E-state index is 13.3. The van der Waals surface area contributed by atoms with Gasteiger partial charge in [-0.05, 0) is 49.2 Å². The number of aryl methyl sites for hydroxylation is 2. The zero-order valence-electron chi connectivity index (χ0n) is 18.9. The van der Waals surface area contributed by atoms with Gasteiger partial charge in [0.15, 0.2) is 0 Å². The van der Waals surface area contributed by atoms with Crippen molar-refractivity contribution in [3.63, 3.8) is 0 Å². The molecule has 0 aliphatic carbocycles. The van der Waals surface area contributed by atoms with E-state index < -0.39 is 17.8 Å². The number of anilines is 1. The summed E-state index contributed by atoms with van der Waals surface area (Å²) in [7, 11) is 0. The predicted molar refractivity (Wildman–Crippen MR) is 132 cm³/mol. The topological polar surface area (TPSA) is 71.4 Å². The molecule has 5 rings (SSSR count). The van der Waals surface area contributed by atoms with Crippen molar-refractivity contribution in [3.05, 3.63) is 107 Å². The number of hydrogen-bond donors (Lipinski definition) is 1. The molecule has 4 amide bonds. The number of fused-ring (bicyclic) bond motifs is 1. The predicted octanol–water partition coefficient (Wildman–Crippen LogP) is 4.97. The molecule has 6 heteroatoms. The van der Waals surface area contributed by atoms with E-state index in [1.165, 1.54) is 5.56 Å². The molecule has 3 aromatic carbocycles. The van der Waals surface area contributed by atoms with Crippen LogP contribution in [0.25, 0.3) is 17.0 Å². The number of aromatic nitrogens is 1. The van der Waals surface area contributed by atoms with Crippen LogP contribution in [0.2, 0.25) is 0 Å². The number of hydrogen-bond acceptors (Lipinski definition) is 3. The van der Waals surface area contributed by atoms with Crippen LogP contribution in [0.4, 0.5) is 10.5 Å². The summed E-state index contributed by atoms with van der Waals surface area (Å²) in [4.78, 5) is 39.5. The minimum absolute atomic E-state index is 0.0839. The van der Waals surface area contributed by atoms with E-state index in [-0.39, 0.29) is 5.57 Å². The number of imide groups is 2. The summed E-state index contributed by atoms with van der Waals surface area (Å²) < 4.78 is 2.10. The Labute approximate surface area is 197 Å². The van der Waals surface area contributed by atoms with Gasteiger partial charge in [-0.1, -0.05) is 60.2 Å². The maximum Gasteiger partial charge on any atom is 0.335 e. The van der Waals surface area contributed by atoms with Crippen LogP contribution in [0.1, 0.15) is 22.3 Å². The zero-order chi connectivity index (χ0) is 23.8. The minimum Gasteiger partial charge on any atom is -0.342 e. The van der Waals surface area contributed by atoms with Crippen LogP contribution in [0.15, 0.2) is 84.6 Å². The Morgan fingerprint density at radius 3 is 2.38 bits per heavy atom. The highest BCUT2D eigenvalue weighted by molar-refractivity contribution is 6.39. The van der Waals surface area contributed by atoms with E-state index in [0.29, 0.717) is 12.2 Å². The summed E-state index contributed by atoms with van der Waals surface area (Å²) in [6.45, 7) is 4.58. The Kier molecular flexibility index (Phi) is 5.34. The van der Waals surface area contributed by atoms with Crippen molar-refractivity contribution < 1.29 is 14.4 Å². The lowest BCUT2D eigenvalue weighted by Crippen LogP contribution is -2.54. The van der Waals surface area contributed by atoms with E-state index in [2.05, 4.69) is 41.1 Å². The molecule has 0 bridgehead atoms. The van der Waals surface area contributed by atoms with Crippen LogP contribution >= 0.6 is 0 Å². The molecule has 4 aromatic rings. The largest absolute Gasteiger partial charge is 0.342 e. The second-order valence-electron chi connectivity index (χ2n) is 8.51. The smallest absolute Gasteiger partial charge is 0.335 e. The third-order valence-electron chi connectivity index (χ3n) is 5.95. The Hall–Kier alpha value is -4.45. The Balaban J connectivity index is 1.56. The average molecular weight is 450 g/mol. The summed E-state index contributed by atoms with van der Waals surface area (Å²) in [6.07, 6.45) is 3.51. The van der Waals surface area contributed by atoms with Gasteiger partial charge in [0.2, 0.25) is 0 Å². The van der Waals surface area contributed by atoms with Crippen LogP contribution in [0.3, 0.4) is 0 Å². The van der Waals surface area contributed by atoms with Gasteiger partial charge in [0.05, 0.1) is 5.69 Å². The molecule has 1 fully saturated rings. The molecular weight excluding hydrogens is 426 g/mol. The van der Waals surface area contributed by atoms with Crippen LogP contribution in [0.5, 0.6) is 0 Å². The number of para-hydroxylation sites is 1. The van der Waals surface area contributed by atoms with Gasteiger partial charge in [0, 0.05) is 29.2 Å². The van der Waals surface area contributed by atoms with Crippen LogP contribution < -0.4 is 10.2 Å². The van der Waals surface area contributed by atoms with E-state index in [9.17, 15) is 14.4 Å². The van der Waals surface area contributed by atoms with E-state index >= 15 is 0 Å². The lowest BCUT2D eigenvalue weighted by atomic mass is 10.1. The van der Waals surface area contributed by atoms with Crippen molar-refractivity contribution in [2.24, 2.45) is 0 Å². The van der Waals surface area contributed by atoms with Crippen molar-refractivity contribution >= 4 is 40.5 Å². The number of barbiturate groups is 1. The quantitative estimate of drug-likeness (QED) is 0.353. The third-order valence-corrected chi connectivity index (χ3v) is 5.95. The van der Waals surface area contributed by atoms with Gasteiger partial charge in [0.1, 0.15) is 5.57 Å². The minimum atomic E-state index is -0.750. The van der Waals surface area contributed by atoms with Crippen molar-refractivity contribution in [3.8, 4) is 0 Å². The number of nitrogens with one attached hydrogen (secondary N) is 1. The van der Waals surface area contributed by atoms with Gasteiger partial charge in [-0.2, -0.15) is 0 Å². The third kappa shape index (κ3) is 3.90. The molecule has 1 saturated heterocycles. The Morgan fingerprint density at radius 2 is 1.62 bits per heavy atom. The van der Waals surface area contributed by atoms with Crippen LogP contribution in [-0.2, 0) is 16.1 Å². The second-order valence-corrected chi connectivity index (χ2v) is 8.51. The summed E-state index contributed by atoms with van der Waals surface area (Å²) in [5.74, 6) is -1.34. The van der Waals surface area contributed by atoms with Gasteiger partial charge >= 0.3 is 6.03 Å². The first kappa shape index (κ1) is 21.4. The number of rotatable bonds is 4. The highest BCUT2D eigenvalue weighted by atomic mass is 16.2. The van der Waals surface area contributed by atoms with Gasteiger partial charge in [-0.3, -0.25) is 14.9 Å². The molecule has 1 aliphatic rings. The monoisotopic (exact) mass is 449 g/mol. The molecule has 0 saturated carbocycles. The summed E-state index contributed by atoms with van der Waals surface area (Å²) in [5.41, 5.74) is 5.31. The molecule has 1 aromatic heterocycles. The highest BCUT2D eigenvalue weighted by Crippen LogP contribution is 2.27. The Bertz CT molecular complexity index is 1480. The van der Waals surface area contributed by atoms with Crippen molar-refractivity contribution in [2.45, 2.75) is 20.4 Å². The van der Waals surface area contributed by atoms with Crippen molar-refractivity contribution in [1.29, 1.82) is 0 Å². The normalized spacial score (nSPS) is 15.3. The molecule has 2 heterocycles. The molecule has 0 atom stereocenters. The molecule has 0 spiro atoms. The molecule has 1 N–H and O–H groups in total. The first-order valence-electron chi connectivity index (χ1n) is 11.0. The fourth-order valence-corrected chi connectivity index (χ4v) is 4.23. The number of amides is 4. The van der Waals surface area contributed by atoms with Gasteiger partial charge in [0.25, 0.3) is 11.8 Å². The van der Waals surface area contributed by atoms with Crippen molar-refractivity contribution in [1.82, 2.24) is 9.88 Å². The first-order valence-corrected chi connectivity index (χ1v) is 11.0. The fourth-order valence-electron chi connectivity index (χ4n) is 4.23. The lowest BCUT2D eigenvalue weighted by molar-refractivity contribution is -0.122. The molecule has 0 unspecified atom stereocenters. The highest BCUT2D eigenvalue weighted by Gasteiger charge is 2.37. The van der Waals surface area contributed by atoms with Gasteiger partial charge in [-0.15, -0.1) is 0 Å². The first-order chi connectivity index (χ1) is 16.4. The number of carbonyl (C=O) groups excluding carboxylic acids is 3. The fraction of sp³-hybridized carbons (Fsp3) is 0.107. The number of carbonyl (C=O) groups is 3. The molecule has 34 heavy (non-hydrogen) atoms. The van der Waals surface area contributed by atoms with Crippen molar-refractivity contribution in [2.75, 3.05) is 4.90 Å². The van der Waals surface area contributed by atoms with Gasteiger partial charge in [-0.25, -0.2) is 9.69 Å². The number of benzene rings is 3. The van der Waals surface area contributed by atoms with E-state index in [0.717, 1.165) is 32.5 Å². The van der Waals surface area contributed by atoms with Crippen LogP contribution in [-0.4, -0.2) is 22.4 Å². The Morgan fingerprint density at radius 1 is 0.853 bits per heavy atom. The average Bonchev–Trinajstić information content (AvgIpc) is 3.15. The summed E-state index contributed by atoms with van der Waals surface area (Å²) in [6, 6.07) is 22.5. The number of urea groups is 1. The lowest BCUT2D eigenvalue weighted by Gasteiger charge is -2.26. The molecule has 6 nitrogen and oxygen atoms in total. The molecule has 1 aliphatic heterocycles. The van der Waals surface area contributed by atoms with E-state index in [1.807, 2.05) is 43.5 Å². The van der Waals surface area contributed by atoms with E-state index in [4.69, 9.17) is 0 Å². The molecular formula is C28H23N3O3. The second kappa shape index (κ2) is 8.48. The molecule has 168 valence electrons. The van der Waals surface area contributed by atoms with Crippen LogP contribution in [0, 0.1) is 13.8 Å². The zero-order valence-corrected chi connectivity index (χ0v) is 18.9. The van der Waals surface area contributed by atoms with Gasteiger partial charge < -0.3 is 4.57 Å².